The summed E-state index contributed by atoms with van der Waals surface area (Å²) >= 11 is 0. The molecular formula is C15H17N3O. The number of fused-ring (bicyclic) bond motifs is 1. The first-order chi connectivity index (χ1) is 9.38. The molecular weight excluding hydrogens is 238 g/mol. The molecule has 0 saturated heterocycles. The summed E-state index contributed by atoms with van der Waals surface area (Å²) in [6.07, 6.45) is 6.30. The second kappa shape index (κ2) is 5.28. The fourth-order valence-corrected chi connectivity index (χ4v) is 2.36. The lowest BCUT2D eigenvalue weighted by Crippen LogP contribution is -2.03. The number of hydrogen-bond donors (Lipinski definition) is 1. The summed E-state index contributed by atoms with van der Waals surface area (Å²) in [6, 6.07) is 10.1. The summed E-state index contributed by atoms with van der Waals surface area (Å²) in [6.45, 7) is 0.624. The molecule has 0 bridgehead atoms. The molecule has 0 saturated carbocycles. The molecule has 0 aliphatic carbocycles. The van der Waals surface area contributed by atoms with Gasteiger partial charge in [0, 0.05) is 25.5 Å². The molecule has 4 nitrogen and oxygen atoms in total. The summed E-state index contributed by atoms with van der Waals surface area (Å²) < 4.78 is 7.51. The number of aryl methyl sites for hydroxylation is 2. The number of furan rings is 1. The van der Waals surface area contributed by atoms with Crippen molar-refractivity contribution in [3.8, 4) is 0 Å². The lowest BCUT2D eigenvalue weighted by molar-refractivity contribution is 0.506. The molecule has 19 heavy (non-hydrogen) atoms. The molecule has 0 atom stereocenters. The maximum atomic E-state index is 5.65. The van der Waals surface area contributed by atoms with Gasteiger partial charge < -0.3 is 14.6 Å². The molecule has 0 unspecified atom stereocenters. The molecule has 0 radical (unpaired) electrons. The quantitative estimate of drug-likeness (QED) is 0.760. The first kappa shape index (κ1) is 12.0. The molecule has 0 aliphatic heterocycles. The van der Waals surface area contributed by atoms with E-state index in [0.29, 0.717) is 6.54 Å². The van der Waals surface area contributed by atoms with Crippen molar-refractivity contribution in [3.63, 3.8) is 0 Å². The minimum Gasteiger partial charge on any atom is -0.469 e. The van der Waals surface area contributed by atoms with Gasteiger partial charge >= 0.3 is 0 Å². The van der Waals surface area contributed by atoms with Gasteiger partial charge in [-0.25, -0.2) is 4.98 Å². The van der Waals surface area contributed by atoms with Crippen molar-refractivity contribution in [1.29, 1.82) is 0 Å². The number of nitrogens with two attached hydrogens (primary N) is 1. The van der Waals surface area contributed by atoms with Gasteiger partial charge in [0.2, 0.25) is 0 Å². The zero-order chi connectivity index (χ0) is 13.1. The molecule has 0 spiro atoms. The second-order valence-corrected chi connectivity index (χ2v) is 4.55. The minimum absolute atomic E-state index is 0.624. The van der Waals surface area contributed by atoms with Crippen molar-refractivity contribution in [2.45, 2.75) is 19.3 Å². The predicted octanol–water partition coefficient (Wildman–Crippen LogP) is 2.21. The Kier molecular flexibility index (Phi) is 3.33. The van der Waals surface area contributed by atoms with E-state index in [-0.39, 0.29) is 0 Å². The lowest BCUT2D eigenvalue weighted by Gasteiger charge is -1.99. The van der Waals surface area contributed by atoms with E-state index >= 15 is 0 Å². The maximum absolute atomic E-state index is 5.65. The van der Waals surface area contributed by atoms with Gasteiger partial charge in [-0.1, -0.05) is 6.07 Å². The van der Waals surface area contributed by atoms with Crippen molar-refractivity contribution in [2.75, 3.05) is 6.54 Å². The summed E-state index contributed by atoms with van der Waals surface area (Å²) in [5, 5.41) is 0. The third-order valence-corrected chi connectivity index (χ3v) is 3.25. The molecule has 0 aliphatic rings. The first-order valence-corrected chi connectivity index (χ1v) is 6.56. The standard InChI is InChI=1S/C15H17N3O/c16-9-8-13-14-5-1-2-10-18(14)15(17-13)7-6-12-4-3-11-19-12/h1-5,10-11H,6-9,16H2. The van der Waals surface area contributed by atoms with Gasteiger partial charge in [0.15, 0.2) is 0 Å². The van der Waals surface area contributed by atoms with Crippen LogP contribution in [-0.2, 0) is 19.3 Å². The second-order valence-electron chi connectivity index (χ2n) is 4.55. The highest BCUT2D eigenvalue weighted by Gasteiger charge is 2.10. The van der Waals surface area contributed by atoms with Crippen LogP contribution in [0.4, 0.5) is 0 Å². The Balaban J connectivity index is 1.90. The number of nitrogens with zero attached hydrogens (tertiary/aromatic N) is 2. The van der Waals surface area contributed by atoms with Crippen LogP contribution in [0.1, 0.15) is 17.3 Å². The number of imidazole rings is 1. The van der Waals surface area contributed by atoms with Crippen molar-refractivity contribution in [1.82, 2.24) is 9.38 Å². The van der Waals surface area contributed by atoms with Crippen LogP contribution < -0.4 is 5.73 Å². The molecule has 0 fully saturated rings. The van der Waals surface area contributed by atoms with Crippen molar-refractivity contribution in [2.24, 2.45) is 5.73 Å². The van der Waals surface area contributed by atoms with Gasteiger partial charge in [0.25, 0.3) is 0 Å². The third-order valence-electron chi connectivity index (χ3n) is 3.25. The highest BCUT2D eigenvalue weighted by Crippen LogP contribution is 2.15. The fourth-order valence-electron chi connectivity index (χ4n) is 2.36. The van der Waals surface area contributed by atoms with E-state index < -0.39 is 0 Å². The van der Waals surface area contributed by atoms with Crippen LogP contribution in [0.15, 0.2) is 47.2 Å². The number of aromatic nitrogens is 2. The largest absolute Gasteiger partial charge is 0.469 e. The average molecular weight is 255 g/mol. The Morgan fingerprint density at radius 1 is 1.11 bits per heavy atom. The predicted molar refractivity (Wildman–Crippen MR) is 74.1 cm³/mol. The Labute approximate surface area is 111 Å². The minimum atomic E-state index is 0.624. The van der Waals surface area contributed by atoms with Gasteiger partial charge in [0.1, 0.15) is 11.6 Å². The van der Waals surface area contributed by atoms with Crippen molar-refractivity contribution in [3.05, 3.63) is 60.1 Å². The van der Waals surface area contributed by atoms with E-state index in [1.807, 2.05) is 24.3 Å². The normalized spacial score (nSPS) is 11.2. The van der Waals surface area contributed by atoms with E-state index in [1.54, 1.807) is 6.26 Å². The molecule has 3 aromatic heterocycles. The molecule has 3 heterocycles. The highest BCUT2D eigenvalue weighted by molar-refractivity contribution is 5.53. The van der Waals surface area contributed by atoms with E-state index in [2.05, 4.69) is 16.7 Å². The van der Waals surface area contributed by atoms with Crippen LogP contribution in [0.25, 0.3) is 5.52 Å². The van der Waals surface area contributed by atoms with Gasteiger partial charge in [-0.2, -0.15) is 0 Å². The Hall–Kier alpha value is -2.07. The van der Waals surface area contributed by atoms with Crippen LogP contribution in [0.2, 0.25) is 0 Å². The van der Waals surface area contributed by atoms with Crippen LogP contribution in [0, 0.1) is 0 Å². The van der Waals surface area contributed by atoms with Crippen LogP contribution in [0.5, 0.6) is 0 Å². The molecule has 3 aromatic rings. The first-order valence-electron chi connectivity index (χ1n) is 6.56. The molecule has 4 heteroatoms. The van der Waals surface area contributed by atoms with Gasteiger partial charge in [0.05, 0.1) is 17.5 Å². The number of rotatable bonds is 5. The lowest BCUT2D eigenvalue weighted by atomic mass is 10.2. The SMILES string of the molecule is NCCc1nc(CCc2ccco2)n2ccccc12. The molecule has 3 rings (SSSR count). The summed E-state index contributed by atoms with van der Waals surface area (Å²) in [4.78, 5) is 4.72. The molecule has 2 N–H and O–H groups in total. The summed E-state index contributed by atoms with van der Waals surface area (Å²) in [7, 11) is 0. The van der Waals surface area contributed by atoms with E-state index in [9.17, 15) is 0 Å². The van der Waals surface area contributed by atoms with E-state index in [1.165, 1.54) is 0 Å². The number of hydrogen-bond acceptors (Lipinski definition) is 3. The highest BCUT2D eigenvalue weighted by atomic mass is 16.3. The molecule has 0 aromatic carbocycles. The maximum Gasteiger partial charge on any atom is 0.114 e. The van der Waals surface area contributed by atoms with Crippen LogP contribution in [0.3, 0.4) is 0 Å². The van der Waals surface area contributed by atoms with Crippen molar-refractivity contribution < 1.29 is 4.42 Å². The Morgan fingerprint density at radius 2 is 2.05 bits per heavy atom. The van der Waals surface area contributed by atoms with Crippen LogP contribution in [-0.4, -0.2) is 15.9 Å². The average Bonchev–Trinajstić information content (AvgIpc) is 3.06. The monoisotopic (exact) mass is 255 g/mol. The Bertz CT molecular complexity index is 655. The topological polar surface area (TPSA) is 56.5 Å². The fraction of sp³-hybridized carbons (Fsp3) is 0.267. The molecule has 0 amide bonds. The van der Waals surface area contributed by atoms with Crippen LogP contribution >= 0.6 is 0 Å². The van der Waals surface area contributed by atoms with E-state index in [4.69, 9.17) is 15.1 Å². The zero-order valence-corrected chi connectivity index (χ0v) is 10.7. The van der Waals surface area contributed by atoms with Gasteiger partial charge in [-0.3, -0.25) is 0 Å². The van der Waals surface area contributed by atoms with E-state index in [0.717, 1.165) is 42.1 Å². The van der Waals surface area contributed by atoms with Gasteiger partial charge in [-0.05, 0) is 30.8 Å². The zero-order valence-electron chi connectivity index (χ0n) is 10.7. The smallest absolute Gasteiger partial charge is 0.114 e. The van der Waals surface area contributed by atoms with Crippen molar-refractivity contribution >= 4 is 5.52 Å². The summed E-state index contributed by atoms with van der Waals surface area (Å²) in [5.74, 6) is 2.06. The Morgan fingerprint density at radius 3 is 2.84 bits per heavy atom. The number of pyridine rings is 1. The molecule has 98 valence electrons. The van der Waals surface area contributed by atoms with Gasteiger partial charge in [-0.15, -0.1) is 0 Å². The summed E-state index contributed by atoms with van der Waals surface area (Å²) in [5.41, 5.74) is 7.88. The third kappa shape index (κ3) is 2.39.